The Hall–Kier alpha value is -2.64. The second kappa shape index (κ2) is 6.93. The van der Waals surface area contributed by atoms with Crippen LogP contribution >= 0.6 is 0 Å². The molecule has 6 nitrogen and oxygen atoms in total. The topological polar surface area (TPSA) is 82.3 Å². The van der Waals surface area contributed by atoms with Crippen LogP contribution in [0.25, 0.3) is 10.9 Å². The number of aromatic nitrogens is 1. The summed E-state index contributed by atoms with van der Waals surface area (Å²) in [4.78, 5) is 16.1. The lowest BCUT2D eigenvalue weighted by molar-refractivity contribution is 0.0951. The van der Waals surface area contributed by atoms with Crippen LogP contribution in [0.4, 0.5) is 0 Å². The van der Waals surface area contributed by atoms with Gasteiger partial charge in [-0.15, -0.1) is 0 Å². The molecule has 2 N–H and O–H groups in total. The van der Waals surface area contributed by atoms with E-state index in [1.165, 1.54) is 14.1 Å². The highest BCUT2D eigenvalue weighted by Gasteiger charge is 2.21. The lowest BCUT2D eigenvalue weighted by atomic mass is 10.1. The Balaban J connectivity index is 1.88. The van der Waals surface area contributed by atoms with Crippen LogP contribution in [0, 0.1) is 6.92 Å². The molecule has 0 saturated carbocycles. The van der Waals surface area contributed by atoms with Crippen molar-refractivity contribution in [1.29, 1.82) is 0 Å². The van der Waals surface area contributed by atoms with Crippen LogP contribution < -0.4 is 5.32 Å². The molecule has 0 unspecified atom stereocenters. The number of rotatable bonds is 5. The predicted octanol–water partition coefficient (Wildman–Crippen LogP) is 2.66. The van der Waals surface area contributed by atoms with Crippen LogP contribution in [-0.2, 0) is 16.6 Å². The van der Waals surface area contributed by atoms with Crippen LogP contribution in [0.3, 0.4) is 0 Å². The van der Waals surface area contributed by atoms with Crippen LogP contribution in [-0.4, -0.2) is 37.7 Å². The molecule has 7 heteroatoms. The van der Waals surface area contributed by atoms with Gasteiger partial charge in [-0.25, -0.2) is 12.7 Å². The Morgan fingerprint density at radius 2 is 1.73 bits per heavy atom. The van der Waals surface area contributed by atoms with Gasteiger partial charge in [0.05, 0.1) is 10.5 Å². The van der Waals surface area contributed by atoms with E-state index in [4.69, 9.17) is 0 Å². The first kappa shape index (κ1) is 18.2. The number of H-pyrrole nitrogens is 1. The van der Waals surface area contributed by atoms with Gasteiger partial charge in [0.25, 0.3) is 5.91 Å². The molecule has 3 rings (SSSR count). The molecule has 1 aromatic heterocycles. The van der Waals surface area contributed by atoms with Crippen molar-refractivity contribution in [2.24, 2.45) is 0 Å². The predicted molar refractivity (Wildman–Crippen MR) is 102 cm³/mol. The van der Waals surface area contributed by atoms with Gasteiger partial charge in [-0.2, -0.15) is 0 Å². The first-order valence-corrected chi connectivity index (χ1v) is 9.62. The maximum absolute atomic E-state index is 12.7. The van der Waals surface area contributed by atoms with E-state index in [1.807, 2.05) is 31.2 Å². The maximum Gasteiger partial charge on any atom is 0.253 e. The van der Waals surface area contributed by atoms with Gasteiger partial charge in [0.1, 0.15) is 0 Å². The molecule has 0 aliphatic carbocycles. The molecule has 26 heavy (non-hydrogen) atoms. The highest BCUT2D eigenvalue weighted by Crippen LogP contribution is 2.22. The zero-order valence-electron chi connectivity index (χ0n) is 14.9. The highest BCUT2D eigenvalue weighted by molar-refractivity contribution is 7.89. The number of hydrogen-bond donors (Lipinski definition) is 2. The number of carbonyl (C=O) groups excluding carboxylic acids is 1. The summed E-state index contributed by atoms with van der Waals surface area (Å²) in [6.07, 6.45) is 0. The Kier molecular flexibility index (Phi) is 4.84. The molecule has 3 aromatic rings. The number of amides is 1. The van der Waals surface area contributed by atoms with E-state index in [0.29, 0.717) is 11.1 Å². The van der Waals surface area contributed by atoms with Crippen molar-refractivity contribution in [3.05, 3.63) is 65.4 Å². The maximum atomic E-state index is 12.7. The number of benzene rings is 2. The lowest BCUT2D eigenvalue weighted by Crippen LogP contribution is -2.27. The molecule has 136 valence electrons. The van der Waals surface area contributed by atoms with E-state index < -0.39 is 10.0 Å². The van der Waals surface area contributed by atoms with Gasteiger partial charge in [-0.05, 0) is 24.6 Å². The zero-order chi connectivity index (χ0) is 18.9. The molecule has 0 atom stereocenters. The minimum Gasteiger partial charge on any atom is -0.358 e. The first-order chi connectivity index (χ1) is 12.3. The number of fused-ring (bicyclic) bond motifs is 1. The summed E-state index contributed by atoms with van der Waals surface area (Å²) >= 11 is 0. The molecule has 0 bridgehead atoms. The van der Waals surface area contributed by atoms with Gasteiger partial charge < -0.3 is 10.3 Å². The third kappa shape index (κ3) is 3.23. The Morgan fingerprint density at radius 1 is 1.08 bits per heavy atom. The van der Waals surface area contributed by atoms with Crippen LogP contribution in [0.1, 0.15) is 21.6 Å². The highest BCUT2D eigenvalue weighted by atomic mass is 32.2. The van der Waals surface area contributed by atoms with Gasteiger partial charge in [-0.3, -0.25) is 4.79 Å². The zero-order valence-corrected chi connectivity index (χ0v) is 15.7. The Morgan fingerprint density at radius 3 is 2.46 bits per heavy atom. The van der Waals surface area contributed by atoms with E-state index in [2.05, 4.69) is 10.3 Å². The number of sulfonamides is 1. The SMILES string of the molecule is Cc1[nH]c2ccccc2c1C(=O)NCc1ccccc1S(=O)(=O)N(C)C. The van der Waals surface area contributed by atoms with Gasteiger partial charge in [0.2, 0.25) is 10.0 Å². The number of para-hydroxylation sites is 1. The molecule has 1 heterocycles. The van der Waals surface area contributed by atoms with E-state index in [-0.39, 0.29) is 17.3 Å². The third-order valence-electron chi connectivity index (χ3n) is 4.29. The minimum absolute atomic E-state index is 0.126. The normalized spacial score (nSPS) is 11.8. The number of aryl methyl sites for hydroxylation is 1. The standard InChI is InChI=1S/C19H21N3O3S/c1-13-18(15-9-5-6-10-16(15)21-13)19(23)20-12-14-8-4-7-11-17(14)26(24,25)22(2)3/h4-11,21H,12H2,1-3H3,(H,20,23). The van der Waals surface area contributed by atoms with Crippen molar-refractivity contribution in [3.8, 4) is 0 Å². The summed E-state index contributed by atoms with van der Waals surface area (Å²) in [5.74, 6) is -0.239. The molecule has 0 spiro atoms. The molecule has 0 saturated heterocycles. The van der Waals surface area contributed by atoms with E-state index >= 15 is 0 Å². The van der Waals surface area contributed by atoms with E-state index in [1.54, 1.807) is 24.3 Å². The molecule has 0 aliphatic rings. The fourth-order valence-electron chi connectivity index (χ4n) is 2.93. The van der Waals surface area contributed by atoms with E-state index in [9.17, 15) is 13.2 Å². The average Bonchev–Trinajstić information content (AvgIpc) is 2.95. The summed E-state index contributed by atoms with van der Waals surface area (Å²) < 4.78 is 26.1. The molecule has 0 aliphatic heterocycles. The van der Waals surface area contributed by atoms with Crippen molar-refractivity contribution >= 4 is 26.8 Å². The van der Waals surface area contributed by atoms with Crippen LogP contribution in [0.15, 0.2) is 53.4 Å². The summed E-state index contributed by atoms with van der Waals surface area (Å²) in [5, 5.41) is 3.69. The van der Waals surface area contributed by atoms with Gasteiger partial charge in [0, 0.05) is 37.2 Å². The van der Waals surface area contributed by atoms with Gasteiger partial charge in [-0.1, -0.05) is 36.4 Å². The third-order valence-corrected chi connectivity index (χ3v) is 6.21. The summed E-state index contributed by atoms with van der Waals surface area (Å²) in [5.41, 5.74) is 2.80. The fraction of sp³-hybridized carbons (Fsp3) is 0.211. The average molecular weight is 371 g/mol. The van der Waals surface area contributed by atoms with Crippen LogP contribution in [0.2, 0.25) is 0 Å². The van der Waals surface area contributed by atoms with Crippen LogP contribution in [0.5, 0.6) is 0 Å². The molecule has 2 aromatic carbocycles. The van der Waals surface area contributed by atoms with Gasteiger partial charge >= 0.3 is 0 Å². The number of carbonyl (C=O) groups is 1. The van der Waals surface area contributed by atoms with Crippen molar-refractivity contribution < 1.29 is 13.2 Å². The van der Waals surface area contributed by atoms with Crippen molar-refractivity contribution in [2.45, 2.75) is 18.4 Å². The molecule has 0 radical (unpaired) electrons. The van der Waals surface area contributed by atoms with Crippen molar-refractivity contribution in [1.82, 2.24) is 14.6 Å². The number of hydrogen-bond acceptors (Lipinski definition) is 3. The monoisotopic (exact) mass is 371 g/mol. The minimum atomic E-state index is -3.58. The quantitative estimate of drug-likeness (QED) is 0.723. The molecule has 0 fully saturated rings. The molecular weight excluding hydrogens is 350 g/mol. The largest absolute Gasteiger partial charge is 0.358 e. The second-order valence-corrected chi connectivity index (χ2v) is 8.37. The second-order valence-electron chi connectivity index (χ2n) is 6.25. The fourth-order valence-corrected chi connectivity index (χ4v) is 4.05. The smallest absolute Gasteiger partial charge is 0.253 e. The summed E-state index contributed by atoms with van der Waals surface area (Å²) in [6, 6.07) is 14.3. The summed E-state index contributed by atoms with van der Waals surface area (Å²) in [7, 11) is -0.604. The number of aromatic amines is 1. The molecular formula is C19H21N3O3S. The lowest BCUT2D eigenvalue weighted by Gasteiger charge is -2.15. The van der Waals surface area contributed by atoms with Crippen molar-refractivity contribution in [2.75, 3.05) is 14.1 Å². The van der Waals surface area contributed by atoms with E-state index in [0.717, 1.165) is 20.9 Å². The number of nitrogens with one attached hydrogen (secondary N) is 2. The Labute approximate surface area is 152 Å². The molecule has 1 amide bonds. The Bertz CT molecular complexity index is 1070. The van der Waals surface area contributed by atoms with Gasteiger partial charge in [0.15, 0.2) is 0 Å². The first-order valence-electron chi connectivity index (χ1n) is 8.18. The van der Waals surface area contributed by atoms with Crippen molar-refractivity contribution in [3.63, 3.8) is 0 Å². The number of nitrogens with zero attached hydrogens (tertiary/aromatic N) is 1. The summed E-state index contributed by atoms with van der Waals surface area (Å²) in [6.45, 7) is 1.97.